The predicted molar refractivity (Wildman–Crippen MR) is 113 cm³/mol. The summed E-state index contributed by atoms with van der Waals surface area (Å²) < 4.78 is 0. The Hall–Kier alpha value is -2.95. The van der Waals surface area contributed by atoms with Crippen molar-refractivity contribution in [1.82, 2.24) is 0 Å². The van der Waals surface area contributed by atoms with Gasteiger partial charge in [-0.3, -0.25) is 14.4 Å². The van der Waals surface area contributed by atoms with Gasteiger partial charge in [0, 0.05) is 35.2 Å². The summed E-state index contributed by atoms with van der Waals surface area (Å²) in [6.07, 6.45) is 0.280. The van der Waals surface area contributed by atoms with Gasteiger partial charge in [-0.25, -0.2) is 0 Å². The van der Waals surface area contributed by atoms with Crippen LogP contribution in [0.1, 0.15) is 55.1 Å². The number of ketones is 1. The van der Waals surface area contributed by atoms with E-state index in [0.29, 0.717) is 16.9 Å². The van der Waals surface area contributed by atoms with E-state index in [1.165, 1.54) is 0 Å². The average Bonchev–Trinajstić information content (AvgIpc) is 2.62. The summed E-state index contributed by atoms with van der Waals surface area (Å²) in [6.45, 7) is 9.49. The molecule has 0 saturated carbocycles. The largest absolute Gasteiger partial charge is 0.326 e. The Morgan fingerprint density at radius 2 is 1.36 bits per heavy atom. The standard InChI is InChI=1S/C23H28N2O3/c1-15-6-7-17(14-16(15)2)20(26)12-13-21(27)24-18-8-10-19(11-9-18)25-22(28)23(3,4)5/h6-11,14H,12-13H2,1-5H3,(H,24,27)(H,25,28). The van der Waals surface area contributed by atoms with E-state index >= 15 is 0 Å². The van der Waals surface area contributed by atoms with Crippen LogP contribution >= 0.6 is 0 Å². The van der Waals surface area contributed by atoms with Crippen LogP contribution in [0.3, 0.4) is 0 Å². The first kappa shape index (κ1) is 21.4. The fourth-order valence-corrected chi connectivity index (χ4v) is 2.47. The highest BCUT2D eigenvalue weighted by Crippen LogP contribution is 2.19. The van der Waals surface area contributed by atoms with Crippen LogP contribution in [0, 0.1) is 19.3 Å². The van der Waals surface area contributed by atoms with E-state index in [1.807, 2.05) is 46.8 Å². The molecule has 0 heterocycles. The zero-order chi connectivity index (χ0) is 20.9. The normalized spacial score (nSPS) is 11.0. The molecule has 0 unspecified atom stereocenters. The summed E-state index contributed by atoms with van der Waals surface area (Å²) in [4.78, 5) is 36.4. The number of aryl methyl sites for hydroxylation is 2. The molecule has 0 bridgehead atoms. The molecule has 0 radical (unpaired) electrons. The fraction of sp³-hybridized carbons (Fsp3) is 0.348. The maximum Gasteiger partial charge on any atom is 0.229 e. The molecule has 0 aromatic heterocycles. The van der Waals surface area contributed by atoms with Gasteiger partial charge in [0.25, 0.3) is 0 Å². The first-order valence-electron chi connectivity index (χ1n) is 9.38. The van der Waals surface area contributed by atoms with Crippen LogP contribution in [0.2, 0.25) is 0 Å². The number of amides is 2. The third kappa shape index (κ3) is 6.05. The minimum atomic E-state index is -0.477. The summed E-state index contributed by atoms with van der Waals surface area (Å²) >= 11 is 0. The van der Waals surface area contributed by atoms with Gasteiger partial charge in [-0.2, -0.15) is 0 Å². The van der Waals surface area contributed by atoms with Crippen LogP contribution in [0.25, 0.3) is 0 Å². The van der Waals surface area contributed by atoms with Crippen molar-refractivity contribution in [3.63, 3.8) is 0 Å². The average molecular weight is 380 g/mol. The van der Waals surface area contributed by atoms with E-state index in [1.54, 1.807) is 30.3 Å². The lowest BCUT2D eigenvalue weighted by atomic mass is 9.95. The number of rotatable bonds is 6. The third-order valence-electron chi connectivity index (χ3n) is 4.52. The first-order valence-corrected chi connectivity index (χ1v) is 9.38. The highest BCUT2D eigenvalue weighted by atomic mass is 16.2. The van der Waals surface area contributed by atoms with Gasteiger partial charge in [-0.05, 0) is 55.3 Å². The molecule has 2 N–H and O–H groups in total. The summed E-state index contributed by atoms with van der Waals surface area (Å²) in [5.74, 6) is -0.337. The van der Waals surface area contributed by atoms with Crippen molar-refractivity contribution < 1.29 is 14.4 Å². The Labute approximate surface area is 166 Å². The van der Waals surface area contributed by atoms with Gasteiger partial charge in [0.15, 0.2) is 5.78 Å². The summed E-state index contributed by atoms with van der Waals surface area (Å²) in [5, 5.41) is 5.61. The smallest absolute Gasteiger partial charge is 0.229 e. The maximum atomic E-state index is 12.3. The summed E-state index contributed by atoms with van der Waals surface area (Å²) in [7, 11) is 0. The van der Waals surface area contributed by atoms with Crippen LogP contribution in [0.15, 0.2) is 42.5 Å². The second-order valence-electron chi connectivity index (χ2n) is 8.05. The Bertz CT molecular complexity index is 878. The number of benzene rings is 2. The Kier molecular flexibility index (Phi) is 6.73. The van der Waals surface area contributed by atoms with Gasteiger partial charge in [-0.1, -0.05) is 32.9 Å². The molecule has 0 saturated heterocycles. The lowest BCUT2D eigenvalue weighted by molar-refractivity contribution is -0.123. The molecule has 2 aromatic carbocycles. The lowest BCUT2D eigenvalue weighted by Crippen LogP contribution is -2.27. The molecule has 5 nitrogen and oxygen atoms in total. The number of anilines is 2. The second kappa shape index (κ2) is 8.83. The molecule has 0 atom stereocenters. The van der Waals surface area contributed by atoms with E-state index in [-0.39, 0.29) is 30.4 Å². The molecule has 2 rings (SSSR count). The zero-order valence-corrected chi connectivity index (χ0v) is 17.2. The summed E-state index contributed by atoms with van der Waals surface area (Å²) in [5.41, 5.74) is 3.65. The summed E-state index contributed by atoms with van der Waals surface area (Å²) in [6, 6.07) is 12.5. The van der Waals surface area contributed by atoms with Gasteiger partial charge in [0.05, 0.1) is 0 Å². The zero-order valence-electron chi connectivity index (χ0n) is 17.2. The van der Waals surface area contributed by atoms with Crippen molar-refractivity contribution >= 4 is 29.0 Å². The maximum absolute atomic E-state index is 12.3. The number of carbonyl (C=O) groups excluding carboxylic acids is 3. The molecular weight excluding hydrogens is 352 g/mol. The molecule has 2 amide bonds. The molecular formula is C23H28N2O3. The Balaban J connectivity index is 1.86. The highest BCUT2D eigenvalue weighted by molar-refractivity contribution is 6.00. The molecule has 28 heavy (non-hydrogen) atoms. The quantitative estimate of drug-likeness (QED) is 0.701. The Morgan fingerprint density at radius 3 is 1.89 bits per heavy atom. The highest BCUT2D eigenvalue weighted by Gasteiger charge is 2.21. The Morgan fingerprint density at radius 1 is 0.786 bits per heavy atom. The van der Waals surface area contributed by atoms with Crippen LogP contribution in [0.4, 0.5) is 11.4 Å². The predicted octanol–water partition coefficient (Wildman–Crippen LogP) is 4.89. The first-order chi connectivity index (χ1) is 13.1. The van der Waals surface area contributed by atoms with E-state index in [4.69, 9.17) is 0 Å². The number of carbonyl (C=O) groups is 3. The van der Waals surface area contributed by atoms with Gasteiger partial charge < -0.3 is 10.6 Å². The molecule has 5 heteroatoms. The van der Waals surface area contributed by atoms with E-state index in [0.717, 1.165) is 11.1 Å². The molecule has 0 aliphatic rings. The molecule has 0 spiro atoms. The van der Waals surface area contributed by atoms with Crippen LogP contribution in [-0.4, -0.2) is 17.6 Å². The lowest BCUT2D eigenvalue weighted by Gasteiger charge is -2.17. The molecule has 0 fully saturated rings. The van der Waals surface area contributed by atoms with Crippen molar-refractivity contribution in [2.75, 3.05) is 10.6 Å². The molecule has 0 aliphatic carbocycles. The number of hydrogen-bond donors (Lipinski definition) is 2. The van der Waals surface area contributed by atoms with E-state index in [9.17, 15) is 14.4 Å². The topological polar surface area (TPSA) is 75.3 Å². The van der Waals surface area contributed by atoms with Crippen LogP contribution in [0.5, 0.6) is 0 Å². The number of Topliss-reactive ketones (excluding diaryl/α,β-unsaturated/α-hetero) is 1. The molecule has 2 aromatic rings. The third-order valence-corrected chi connectivity index (χ3v) is 4.52. The molecule has 0 aliphatic heterocycles. The SMILES string of the molecule is Cc1ccc(C(=O)CCC(=O)Nc2ccc(NC(=O)C(C)(C)C)cc2)cc1C. The van der Waals surface area contributed by atoms with Gasteiger partial charge in [0.1, 0.15) is 0 Å². The fourth-order valence-electron chi connectivity index (χ4n) is 2.47. The van der Waals surface area contributed by atoms with Crippen LogP contribution in [-0.2, 0) is 9.59 Å². The van der Waals surface area contributed by atoms with Crippen molar-refractivity contribution in [1.29, 1.82) is 0 Å². The van der Waals surface area contributed by atoms with Gasteiger partial charge in [-0.15, -0.1) is 0 Å². The van der Waals surface area contributed by atoms with Crippen molar-refractivity contribution in [3.8, 4) is 0 Å². The number of nitrogens with one attached hydrogen (secondary N) is 2. The van der Waals surface area contributed by atoms with Crippen molar-refractivity contribution in [2.45, 2.75) is 47.5 Å². The van der Waals surface area contributed by atoms with E-state index in [2.05, 4.69) is 10.6 Å². The van der Waals surface area contributed by atoms with Crippen molar-refractivity contribution in [3.05, 3.63) is 59.2 Å². The van der Waals surface area contributed by atoms with E-state index < -0.39 is 5.41 Å². The minimum Gasteiger partial charge on any atom is -0.326 e. The second-order valence-corrected chi connectivity index (χ2v) is 8.05. The van der Waals surface area contributed by atoms with Crippen molar-refractivity contribution in [2.24, 2.45) is 5.41 Å². The monoisotopic (exact) mass is 380 g/mol. The molecule has 148 valence electrons. The number of hydrogen-bond acceptors (Lipinski definition) is 3. The minimum absolute atomic E-state index is 0.0431. The van der Waals surface area contributed by atoms with Gasteiger partial charge in [0.2, 0.25) is 11.8 Å². The van der Waals surface area contributed by atoms with Gasteiger partial charge >= 0.3 is 0 Å². The van der Waals surface area contributed by atoms with Crippen LogP contribution < -0.4 is 10.6 Å².